The maximum absolute atomic E-state index is 6.26. The number of nitrogens with zero attached hydrogens (tertiary/aromatic N) is 2. The molecule has 98 valence electrons. The lowest BCUT2D eigenvalue weighted by Gasteiger charge is -2.21. The molecule has 1 N–H and O–H groups in total. The second-order valence-corrected chi connectivity index (χ2v) is 5.73. The number of hydrogen-bond donors (Lipinski definition) is 1. The molecule has 0 aliphatic carbocycles. The van der Waals surface area contributed by atoms with Gasteiger partial charge in [-0.2, -0.15) is 5.10 Å². The third kappa shape index (κ3) is 3.87. The summed E-state index contributed by atoms with van der Waals surface area (Å²) in [4.78, 5) is 0. The number of aromatic nitrogens is 2. The summed E-state index contributed by atoms with van der Waals surface area (Å²) >= 11 is 12.1. The van der Waals surface area contributed by atoms with Gasteiger partial charge in [0.25, 0.3) is 0 Å². The lowest BCUT2D eigenvalue weighted by atomic mass is 9.96. The molecule has 0 aromatic carbocycles. The molecule has 0 atom stereocenters. The monoisotopic (exact) mass is 277 g/mol. The van der Waals surface area contributed by atoms with Gasteiger partial charge in [-0.3, -0.25) is 4.68 Å². The van der Waals surface area contributed by atoms with Crippen LogP contribution < -0.4 is 5.32 Å². The van der Waals surface area contributed by atoms with Crippen LogP contribution >= 0.6 is 23.2 Å². The highest BCUT2D eigenvalue weighted by Gasteiger charge is 2.17. The average molecular weight is 278 g/mol. The summed E-state index contributed by atoms with van der Waals surface area (Å²) < 4.78 is 1.85. The Kier molecular flexibility index (Phi) is 5.29. The third-order valence-electron chi connectivity index (χ3n) is 2.76. The first-order valence-electron chi connectivity index (χ1n) is 5.88. The molecular formula is C12H21Cl2N3. The average Bonchev–Trinajstić information content (AvgIpc) is 2.56. The molecule has 0 unspecified atom stereocenters. The summed E-state index contributed by atoms with van der Waals surface area (Å²) in [5, 5.41) is 8.55. The van der Waals surface area contributed by atoms with E-state index in [2.05, 4.69) is 31.2 Å². The molecule has 0 aliphatic rings. The van der Waals surface area contributed by atoms with Crippen molar-refractivity contribution in [3.63, 3.8) is 0 Å². The Morgan fingerprint density at radius 1 is 1.41 bits per heavy atom. The molecule has 0 bridgehead atoms. The summed E-state index contributed by atoms with van der Waals surface area (Å²) in [6, 6.07) is 0. The maximum atomic E-state index is 6.26. The van der Waals surface area contributed by atoms with Crippen molar-refractivity contribution < 1.29 is 0 Å². The minimum absolute atomic E-state index is 0.0974. The summed E-state index contributed by atoms with van der Waals surface area (Å²) in [7, 11) is 1.93. The SMILES string of the molecule is CCc1nn(C)c(CNCC(C)(C)CCl)c1Cl. The molecule has 0 radical (unpaired) electrons. The standard InChI is InChI=1S/C12H21Cl2N3/c1-5-9-11(14)10(17(4)16-9)6-15-8-12(2,3)7-13/h15H,5-8H2,1-4H3. The zero-order chi connectivity index (χ0) is 13.1. The van der Waals surface area contributed by atoms with Crippen molar-refractivity contribution in [3.8, 4) is 0 Å². The summed E-state index contributed by atoms with van der Waals surface area (Å²) in [6.07, 6.45) is 0.861. The van der Waals surface area contributed by atoms with Gasteiger partial charge >= 0.3 is 0 Å². The molecule has 0 aliphatic heterocycles. The molecule has 0 saturated heterocycles. The van der Waals surface area contributed by atoms with Gasteiger partial charge in [-0.25, -0.2) is 0 Å². The predicted molar refractivity (Wildman–Crippen MR) is 73.8 cm³/mol. The van der Waals surface area contributed by atoms with Crippen LogP contribution in [0.4, 0.5) is 0 Å². The molecular weight excluding hydrogens is 257 g/mol. The number of hydrogen-bond acceptors (Lipinski definition) is 2. The molecule has 0 amide bonds. The van der Waals surface area contributed by atoms with E-state index in [1.165, 1.54) is 0 Å². The second kappa shape index (κ2) is 6.07. The third-order valence-corrected chi connectivity index (χ3v) is 3.92. The van der Waals surface area contributed by atoms with Crippen LogP contribution in [-0.2, 0) is 20.0 Å². The largest absolute Gasteiger partial charge is 0.311 e. The van der Waals surface area contributed by atoms with Crippen molar-refractivity contribution in [2.75, 3.05) is 12.4 Å². The number of alkyl halides is 1. The summed E-state index contributed by atoms with van der Waals surface area (Å²) in [6.45, 7) is 7.91. The summed E-state index contributed by atoms with van der Waals surface area (Å²) in [5.41, 5.74) is 2.09. The van der Waals surface area contributed by atoms with E-state index in [-0.39, 0.29) is 5.41 Å². The maximum Gasteiger partial charge on any atom is 0.0863 e. The van der Waals surface area contributed by atoms with Crippen molar-refractivity contribution in [3.05, 3.63) is 16.4 Å². The van der Waals surface area contributed by atoms with Crippen LogP contribution in [0.5, 0.6) is 0 Å². The molecule has 3 nitrogen and oxygen atoms in total. The van der Waals surface area contributed by atoms with Gasteiger partial charge in [0.1, 0.15) is 0 Å². The molecule has 1 heterocycles. The van der Waals surface area contributed by atoms with Gasteiger partial charge in [0.15, 0.2) is 0 Å². The number of aryl methyl sites for hydroxylation is 2. The number of nitrogens with one attached hydrogen (secondary N) is 1. The van der Waals surface area contributed by atoms with Crippen LogP contribution in [0, 0.1) is 5.41 Å². The Labute approximate surface area is 113 Å². The second-order valence-electron chi connectivity index (χ2n) is 5.09. The van der Waals surface area contributed by atoms with Gasteiger partial charge in [-0.1, -0.05) is 32.4 Å². The minimum Gasteiger partial charge on any atom is -0.311 e. The fourth-order valence-electron chi connectivity index (χ4n) is 1.58. The van der Waals surface area contributed by atoms with E-state index in [9.17, 15) is 0 Å². The van der Waals surface area contributed by atoms with Gasteiger partial charge in [0.2, 0.25) is 0 Å². The first-order chi connectivity index (χ1) is 7.91. The Bertz CT molecular complexity index is 372. The van der Waals surface area contributed by atoms with Crippen LogP contribution in [-0.4, -0.2) is 22.2 Å². The van der Waals surface area contributed by atoms with Gasteiger partial charge in [-0.15, -0.1) is 11.6 Å². The van der Waals surface area contributed by atoms with E-state index in [0.29, 0.717) is 5.88 Å². The van der Waals surface area contributed by atoms with Crippen LogP contribution in [0.3, 0.4) is 0 Å². The fourth-order valence-corrected chi connectivity index (χ4v) is 2.03. The molecule has 0 saturated carbocycles. The van der Waals surface area contributed by atoms with Crippen LogP contribution in [0.1, 0.15) is 32.2 Å². The zero-order valence-electron chi connectivity index (χ0n) is 11.0. The molecule has 1 aromatic rings. The molecule has 0 spiro atoms. The van der Waals surface area contributed by atoms with E-state index >= 15 is 0 Å². The molecule has 5 heteroatoms. The normalized spacial score (nSPS) is 12.1. The van der Waals surface area contributed by atoms with Gasteiger partial charge < -0.3 is 5.32 Å². The highest BCUT2D eigenvalue weighted by Crippen LogP contribution is 2.21. The van der Waals surface area contributed by atoms with E-state index in [1.807, 2.05) is 11.7 Å². The molecule has 0 fully saturated rings. The summed E-state index contributed by atoms with van der Waals surface area (Å²) in [5.74, 6) is 0.638. The highest BCUT2D eigenvalue weighted by atomic mass is 35.5. The molecule has 1 rings (SSSR count). The van der Waals surface area contributed by atoms with Gasteiger partial charge in [0.05, 0.1) is 16.4 Å². The Hall–Kier alpha value is -0.250. The van der Waals surface area contributed by atoms with Crippen molar-refractivity contribution in [1.82, 2.24) is 15.1 Å². The predicted octanol–water partition coefficient (Wildman–Crippen LogP) is 2.99. The topological polar surface area (TPSA) is 29.9 Å². The van der Waals surface area contributed by atoms with Gasteiger partial charge in [-0.05, 0) is 11.8 Å². The molecule has 1 aromatic heterocycles. The van der Waals surface area contributed by atoms with Crippen LogP contribution in [0.2, 0.25) is 5.02 Å². The first kappa shape index (κ1) is 14.8. The van der Waals surface area contributed by atoms with Crippen molar-refractivity contribution in [1.29, 1.82) is 0 Å². The van der Waals surface area contributed by atoms with E-state index in [0.717, 1.165) is 35.9 Å². The zero-order valence-corrected chi connectivity index (χ0v) is 12.5. The smallest absolute Gasteiger partial charge is 0.0863 e. The Balaban J connectivity index is 2.61. The lowest BCUT2D eigenvalue weighted by Crippen LogP contribution is -2.31. The minimum atomic E-state index is 0.0974. The quantitative estimate of drug-likeness (QED) is 0.811. The lowest BCUT2D eigenvalue weighted by molar-refractivity contribution is 0.382. The molecule has 17 heavy (non-hydrogen) atoms. The van der Waals surface area contributed by atoms with Crippen LogP contribution in [0.25, 0.3) is 0 Å². The van der Waals surface area contributed by atoms with E-state index in [1.54, 1.807) is 0 Å². The number of rotatable bonds is 6. The Morgan fingerprint density at radius 2 is 2.06 bits per heavy atom. The Morgan fingerprint density at radius 3 is 2.53 bits per heavy atom. The van der Waals surface area contributed by atoms with Crippen LogP contribution in [0.15, 0.2) is 0 Å². The van der Waals surface area contributed by atoms with E-state index < -0.39 is 0 Å². The first-order valence-corrected chi connectivity index (χ1v) is 6.79. The van der Waals surface area contributed by atoms with E-state index in [4.69, 9.17) is 23.2 Å². The highest BCUT2D eigenvalue weighted by molar-refractivity contribution is 6.31. The number of halogens is 2. The van der Waals surface area contributed by atoms with Crippen molar-refractivity contribution in [2.45, 2.75) is 33.7 Å². The van der Waals surface area contributed by atoms with Crippen molar-refractivity contribution in [2.24, 2.45) is 12.5 Å². The van der Waals surface area contributed by atoms with Crippen molar-refractivity contribution >= 4 is 23.2 Å². The fraction of sp³-hybridized carbons (Fsp3) is 0.750. The van der Waals surface area contributed by atoms with Gasteiger partial charge in [0, 0.05) is 26.0 Å².